The zero-order chi connectivity index (χ0) is 14.7. The Bertz CT molecular complexity index is 626. The quantitative estimate of drug-likeness (QED) is 0.622. The molecule has 108 valence electrons. The molecule has 2 aromatic heterocycles. The maximum absolute atomic E-state index is 11.8. The molecule has 0 aliphatic carbocycles. The van der Waals surface area contributed by atoms with Crippen molar-refractivity contribution in [3.05, 3.63) is 17.5 Å². The minimum atomic E-state index is -0.284. The van der Waals surface area contributed by atoms with Gasteiger partial charge in [0.1, 0.15) is 5.25 Å². The van der Waals surface area contributed by atoms with Gasteiger partial charge in [0.15, 0.2) is 0 Å². The first-order valence-corrected chi connectivity index (χ1v) is 7.47. The van der Waals surface area contributed by atoms with E-state index in [1.54, 1.807) is 11.4 Å². The number of carbonyl (C=O) groups excluding carboxylic acids is 1. The van der Waals surface area contributed by atoms with Gasteiger partial charge in [0.25, 0.3) is 5.78 Å². The molecule has 0 bridgehead atoms. The minimum absolute atomic E-state index is 0.222. The average molecular weight is 294 g/mol. The van der Waals surface area contributed by atoms with Crippen molar-refractivity contribution in [2.45, 2.75) is 44.5 Å². The summed E-state index contributed by atoms with van der Waals surface area (Å²) in [6.45, 7) is 8.00. The summed E-state index contributed by atoms with van der Waals surface area (Å²) < 4.78 is 6.73. The van der Waals surface area contributed by atoms with Crippen molar-refractivity contribution in [3.8, 4) is 0 Å². The number of ether oxygens (including phenoxy) is 1. The SMILES string of the molecule is CCOC(=O)C(CC)Sc1nc2nc(C)cc(C)n2n1. The maximum Gasteiger partial charge on any atom is 0.319 e. The number of rotatable bonds is 5. The highest BCUT2D eigenvalue weighted by Crippen LogP contribution is 2.24. The van der Waals surface area contributed by atoms with Crippen LogP contribution >= 0.6 is 11.8 Å². The first-order valence-electron chi connectivity index (χ1n) is 6.59. The van der Waals surface area contributed by atoms with E-state index in [0.717, 1.165) is 11.4 Å². The number of hydrogen-bond donors (Lipinski definition) is 0. The van der Waals surface area contributed by atoms with Crippen molar-refractivity contribution >= 4 is 23.5 Å². The lowest BCUT2D eigenvalue weighted by Gasteiger charge is -2.10. The third-order valence-electron chi connectivity index (χ3n) is 2.77. The van der Waals surface area contributed by atoms with Gasteiger partial charge in [-0.25, -0.2) is 9.50 Å². The van der Waals surface area contributed by atoms with E-state index in [0.29, 0.717) is 24.0 Å². The van der Waals surface area contributed by atoms with Gasteiger partial charge in [-0.2, -0.15) is 4.98 Å². The number of esters is 1. The predicted molar refractivity (Wildman–Crippen MR) is 76.8 cm³/mol. The Labute approximate surface area is 121 Å². The van der Waals surface area contributed by atoms with E-state index in [-0.39, 0.29) is 11.2 Å². The van der Waals surface area contributed by atoms with E-state index >= 15 is 0 Å². The van der Waals surface area contributed by atoms with Gasteiger partial charge in [-0.3, -0.25) is 4.79 Å². The fourth-order valence-electron chi connectivity index (χ4n) is 1.86. The first-order chi connectivity index (χ1) is 9.55. The van der Waals surface area contributed by atoms with Crippen LogP contribution in [0.1, 0.15) is 31.7 Å². The summed E-state index contributed by atoms with van der Waals surface area (Å²) >= 11 is 1.32. The van der Waals surface area contributed by atoms with Gasteiger partial charge in [-0.15, -0.1) is 5.10 Å². The summed E-state index contributed by atoms with van der Waals surface area (Å²) in [6, 6.07) is 1.94. The van der Waals surface area contributed by atoms with Gasteiger partial charge in [-0.1, -0.05) is 18.7 Å². The summed E-state index contributed by atoms with van der Waals surface area (Å²) in [4.78, 5) is 20.5. The van der Waals surface area contributed by atoms with Crippen molar-refractivity contribution in [2.75, 3.05) is 6.61 Å². The molecular weight excluding hydrogens is 276 g/mol. The molecule has 2 aromatic rings. The number of carbonyl (C=O) groups is 1. The molecule has 0 aromatic carbocycles. The van der Waals surface area contributed by atoms with Crippen LogP contribution in [-0.2, 0) is 9.53 Å². The second-order valence-corrected chi connectivity index (χ2v) is 5.58. The lowest BCUT2D eigenvalue weighted by molar-refractivity contribution is -0.142. The Morgan fingerprint density at radius 1 is 1.40 bits per heavy atom. The Balaban J connectivity index is 2.25. The fourth-order valence-corrected chi connectivity index (χ4v) is 2.71. The first kappa shape index (κ1) is 14.8. The number of hydrogen-bond acceptors (Lipinski definition) is 6. The van der Waals surface area contributed by atoms with Gasteiger partial charge in [0.2, 0.25) is 5.16 Å². The van der Waals surface area contributed by atoms with Crippen molar-refractivity contribution in [2.24, 2.45) is 0 Å². The van der Waals surface area contributed by atoms with Crippen molar-refractivity contribution in [3.63, 3.8) is 0 Å². The van der Waals surface area contributed by atoms with Crippen LogP contribution in [0.3, 0.4) is 0 Å². The maximum atomic E-state index is 11.8. The average Bonchev–Trinajstić information content (AvgIpc) is 2.79. The molecule has 2 rings (SSSR count). The van der Waals surface area contributed by atoms with E-state index in [9.17, 15) is 4.79 Å². The Kier molecular flexibility index (Phi) is 4.59. The van der Waals surface area contributed by atoms with Crippen LogP contribution < -0.4 is 0 Å². The third kappa shape index (κ3) is 3.09. The van der Waals surface area contributed by atoms with E-state index in [2.05, 4.69) is 15.1 Å². The smallest absolute Gasteiger partial charge is 0.319 e. The van der Waals surface area contributed by atoms with Crippen LogP contribution in [0, 0.1) is 13.8 Å². The molecule has 1 atom stereocenters. The van der Waals surface area contributed by atoms with Gasteiger partial charge in [0.05, 0.1) is 6.61 Å². The lowest BCUT2D eigenvalue weighted by Crippen LogP contribution is -2.19. The summed E-state index contributed by atoms with van der Waals surface area (Å²) in [5.41, 5.74) is 1.87. The third-order valence-corrected chi connectivity index (χ3v) is 3.96. The van der Waals surface area contributed by atoms with Gasteiger partial charge in [0, 0.05) is 11.4 Å². The lowest BCUT2D eigenvalue weighted by atomic mass is 10.3. The Hall–Kier alpha value is -1.63. The Morgan fingerprint density at radius 2 is 2.15 bits per heavy atom. The molecule has 0 aliphatic heterocycles. The van der Waals surface area contributed by atoms with E-state index in [4.69, 9.17) is 4.74 Å². The molecule has 7 heteroatoms. The molecule has 1 unspecified atom stereocenters. The molecule has 0 saturated heterocycles. The Morgan fingerprint density at radius 3 is 2.80 bits per heavy atom. The van der Waals surface area contributed by atoms with Crippen LogP contribution in [0.15, 0.2) is 11.2 Å². The van der Waals surface area contributed by atoms with Gasteiger partial charge in [-0.05, 0) is 33.3 Å². The molecule has 0 fully saturated rings. The normalized spacial score (nSPS) is 12.6. The van der Waals surface area contributed by atoms with E-state index < -0.39 is 0 Å². The monoisotopic (exact) mass is 294 g/mol. The molecule has 0 aliphatic rings. The van der Waals surface area contributed by atoms with E-state index in [1.165, 1.54) is 11.8 Å². The number of aromatic nitrogens is 4. The van der Waals surface area contributed by atoms with Crippen LogP contribution in [-0.4, -0.2) is 37.4 Å². The molecule has 0 radical (unpaired) electrons. The molecule has 0 amide bonds. The standard InChI is InChI=1S/C13H18N4O2S/c1-5-10(11(18)19-6-2)20-13-15-12-14-8(3)7-9(4)17(12)16-13/h7,10H,5-6H2,1-4H3. The van der Waals surface area contributed by atoms with Gasteiger partial charge < -0.3 is 4.74 Å². The minimum Gasteiger partial charge on any atom is -0.465 e. The zero-order valence-corrected chi connectivity index (χ0v) is 12.9. The molecule has 6 nitrogen and oxygen atoms in total. The van der Waals surface area contributed by atoms with Crippen molar-refractivity contribution in [1.82, 2.24) is 19.6 Å². The van der Waals surface area contributed by atoms with E-state index in [1.807, 2.05) is 26.8 Å². The number of aryl methyl sites for hydroxylation is 2. The summed E-state index contributed by atoms with van der Waals surface area (Å²) in [5, 5.41) is 4.65. The highest BCUT2D eigenvalue weighted by molar-refractivity contribution is 8.00. The molecule has 2 heterocycles. The fraction of sp³-hybridized carbons (Fsp3) is 0.538. The highest BCUT2D eigenvalue weighted by Gasteiger charge is 2.21. The zero-order valence-electron chi connectivity index (χ0n) is 12.1. The topological polar surface area (TPSA) is 69.4 Å². The number of thioether (sulfide) groups is 1. The number of fused-ring (bicyclic) bond motifs is 1. The van der Waals surface area contributed by atoms with Crippen molar-refractivity contribution < 1.29 is 9.53 Å². The van der Waals surface area contributed by atoms with Crippen LogP contribution in [0.2, 0.25) is 0 Å². The second-order valence-electron chi connectivity index (χ2n) is 4.41. The summed E-state index contributed by atoms with van der Waals surface area (Å²) in [7, 11) is 0. The largest absolute Gasteiger partial charge is 0.465 e. The molecule has 0 N–H and O–H groups in total. The van der Waals surface area contributed by atoms with Crippen LogP contribution in [0.5, 0.6) is 0 Å². The molecular formula is C13H18N4O2S. The molecule has 0 saturated carbocycles. The number of nitrogens with zero attached hydrogens (tertiary/aromatic N) is 4. The molecule has 0 spiro atoms. The van der Waals surface area contributed by atoms with Crippen molar-refractivity contribution in [1.29, 1.82) is 0 Å². The highest BCUT2D eigenvalue weighted by atomic mass is 32.2. The summed E-state index contributed by atoms with van der Waals surface area (Å²) in [5.74, 6) is 0.337. The molecule has 20 heavy (non-hydrogen) atoms. The van der Waals surface area contributed by atoms with Gasteiger partial charge >= 0.3 is 5.97 Å². The van der Waals surface area contributed by atoms with Crippen LogP contribution in [0.4, 0.5) is 0 Å². The predicted octanol–water partition coefficient (Wildman–Crippen LogP) is 2.17. The second kappa shape index (κ2) is 6.21. The summed E-state index contributed by atoms with van der Waals surface area (Å²) in [6.07, 6.45) is 0.671. The van der Waals surface area contributed by atoms with Crippen LogP contribution in [0.25, 0.3) is 5.78 Å².